The topological polar surface area (TPSA) is 126 Å². The van der Waals surface area contributed by atoms with Crippen molar-refractivity contribution >= 4 is 29.1 Å². The summed E-state index contributed by atoms with van der Waals surface area (Å²) in [5, 5.41) is 6.40. The zero-order valence-electron chi connectivity index (χ0n) is 23.8. The Morgan fingerprint density at radius 3 is 2.41 bits per heavy atom. The van der Waals surface area contributed by atoms with Crippen LogP contribution >= 0.6 is 0 Å². The predicted octanol–water partition coefficient (Wildman–Crippen LogP) is 3.93. The van der Waals surface area contributed by atoms with Gasteiger partial charge in [-0.1, -0.05) is 19.1 Å². The molecule has 2 aliphatic heterocycles. The van der Waals surface area contributed by atoms with Crippen molar-refractivity contribution in [2.24, 2.45) is 5.73 Å². The number of carbonyl (C=O) groups is 2. The zero-order chi connectivity index (χ0) is 28.8. The Hall–Kier alpha value is -4.18. The molecular formula is C31H39N7O3. The van der Waals surface area contributed by atoms with Crippen molar-refractivity contribution in [2.75, 3.05) is 50.1 Å². The lowest BCUT2D eigenvalue weighted by Crippen LogP contribution is -2.48. The highest BCUT2D eigenvalue weighted by Crippen LogP contribution is 2.30. The molecule has 2 aromatic carbocycles. The highest BCUT2D eigenvalue weighted by Gasteiger charge is 2.25. The average Bonchev–Trinajstić information content (AvgIpc) is 3.01. The minimum atomic E-state index is -0.644. The number of likely N-dealkylation sites (tertiary alicyclic amines) is 1. The zero-order valence-corrected chi connectivity index (χ0v) is 23.8. The maximum atomic E-state index is 12.8. The molecule has 3 heterocycles. The number of ether oxygens (including phenoxy) is 1. The smallest absolute Gasteiger partial charge is 0.271 e. The fourth-order valence-electron chi connectivity index (χ4n) is 5.67. The van der Waals surface area contributed by atoms with Gasteiger partial charge in [0.05, 0.1) is 13.3 Å². The van der Waals surface area contributed by atoms with Crippen molar-refractivity contribution in [1.82, 2.24) is 20.2 Å². The lowest BCUT2D eigenvalue weighted by atomic mass is 9.89. The SMILES string of the molecule is CCN1CCC(c2ccc(Nc3nc(N4CCCC(NC(=O)c5ccc(OC)cc5)C4)cnc3C(N)=O)cc2)CC1. The molecule has 2 fully saturated rings. The third-order valence-corrected chi connectivity index (χ3v) is 8.11. The minimum Gasteiger partial charge on any atom is -0.497 e. The Morgan fingerprint density at radius 2 is 1.76 bits per heavy atom. The van der Waals surface area contributed by atoms with Crippen LogP contribution in [0.5, 0.6) is 5.75 Å². The number of rotatable bonds is 9. The Kier molecular flexibility index (Phi) is 8.98. The van der Waals surface area contributed by atoms with E-state index in [1.165, 1.54) is 5.56 Å². The van der Waals surface area contributed by atoms with Gasteiger partial charge in [-0.05, 0) is 93.2 Å². The summed E-state index contributed by atoms with van der Waals surface area (Å²) in [5.41, 5.74) is 8.45. The largest absolute Gasteiger partial charge is 0.497 e. The molecule has 2 aliphatic rings. The molecule has 0 radical (unpaired) electrons. The van der Waals surface area contributed by atoms with Crippen molar-refractivity contribution < 1.29 is 14.3 Å². The second kappa shape index (κ2) is 13.0. The summed E-state index contributed by atoms with van der Waals surface area (Å²) in [7, 11) is 1.60. The van der Waals surface area contributed by atoms with Gasteiger partial charge in [0.15, 0.2) is 11.5 Å². The molecule has 0 saturated carbocycles. The molecule has 3 aromatic rings. The quantitative estimate of drug-likeness (QED) is 0.361. The van der Waals surface area contributed by atoms with E-state index >= 15 is 0 Å². The van der Waals surface area contributed by atoms with E-state index in [0.717, 1.165) is 57.5 Å². The van der Waals surface area contributed by atoms with Crippen molar-refractivity contribution in [3.8, 4) is 5.75 Å². The number of carbonyl (C=O) groups excluding carboxylic acids is 2. The second-order valence-corrected chi connectivity index (χ2v) is 10.7. The number of aromatic nitrogens is 2. The fraction of sp³-hybridized carbons (Fsp3) is 0.419. The summed E-state index contributed by atoms with van der Waals surface area (Å²) in [4.78, 5) is 38.7. The predicted molar refractivity (Wildman–Crippen MR) is 160 cm³/mol. The van der Waals surface area contributed by atoms with E-state index in [2.05, 4.69) is 44.5 Å². The van der Waals surface area contributed by atoms with E-state index < -0.39 is 5.91 Å². The molecule has 4 N–H and O–H groups in total. The number of hydrogen-bond acceptors (Lipinski definition) is 8. The number of benzene rings is 2. The van der Waals surface area contributed by atoms with Crippen molar-refractivity contribution in [2.45, 2.75) is 44.6 Å². The normalized spacial score (nSPS) is 18.1. The van der Waals surface area contributed by atoms with E-state index in [1.54, 1.807) is 37.6 Å². The first-order chi connectivity index (χ1) is 19.9. The van der Waals surface area contributed by atoms with Gasteiger partial charge in [-0.15, -0.1) is 0 Å². The second-order valence-electron chi connectivity index (χ2n) is 10.7. The van der Waals surface area contributed by atoms with Crippen LogP contribution in [-0.2, 0) is 0 Å². The fourth-order valence-corrected chi connectivity index (χ4v) is 5.67. The number of nitrogens with two attached hydrogens (primary N) is 1. The molecular weight excluding hydrogens is 518 g/mol. The molecule has 0 bridgehead atoms. The van der Waals surface area contributed by atoms with Gasteiger partial charge in [-0.25, -0.2) is 9.97 Å². The molecule has 1 unspecified atom stereocenters. The van der Waals surface area contributed by atoms with Crippen molar-refractivity contribution in [3.05, 3.63) is 71.5 Å². The van der Waals surface area contributed by atoms with E-state index in [4.69, 9.17) is 15.5 Å². The summed E-state index contributed by atoms with van der Waals surface area (Å²) in [6.07, 6.45) is 5.65. The van der Waals surface area contributed by atoms with Crippen LogP contribution < -0.4 is 26.0 Å². The van der Waals surface area contributed by atoms with E-state index in [1.807, 2.05) is 12.1 Å². The standard InChI is InChI=1S/C31H39N7O3/c1-3-37-17-14-22(15-18-37)21-6-10-24(11-7-21)34-30-28(29(32)39)33-19-27(36-30)38-16-4-5-25(20-38)35-31(40)23-8-12-26(41-2)13-9-23/h6-13,19,22,25H,3-5,14-18,20H2,1-2H3,(H2,32,39)(H,34,36)(H,35,40). The Balaban J connectivity index is 1.26. The summed E-state index contributed by atoms with van der Waals surface area (Å²) >= 11 is 0. The van der Waals surface area contributed by atoms with Gasteiger partial charge < -0.3 is 30.9 Å². The highest BCUT2D eigenvalue weighted by atomic mass is 16.5. The van der Waals surface area contributed by atoms with Gasteiger partial charge in [-0.2, -0.15) is 0 Å². The summed E-state index contributed by atoms with van der Waals surface area (Å²) in [5.74, 6) is 1.44. The molecule has 0 spiro atoms. The number of amides is 2. The lowest BCUT2D eigenvalue weighted by Gasteiger charge is -2.34. The third kappa shape index (κ3) is 6.94. The number of hydrogen-bond donors (Lipinski definition) is 3. The minimum absolute atomic E-state index is 0.0517. The van der Waals surface area contributed by atoms with Crippen LogP contribution in [0, 0.1) is 0 Å². The van der Waals surface area contributed by atoms with Crippen molar-refractivity contribution in [1.29, 1.82) is 0 Å². The molecule has 10 nitrogen and oxygen atoms in total. The highest BCUT2D eigenvalue weighted by molar-refractivity contribution is 5.96. The van der Waals surface area contributed by atoms with Gasteiger partial charge >= 0.3 is 0 Å². The first kappa shape index (κ1) is 28.4. The summed E-state index contributed by atoms with van der Waals surface area (Å²) < 4.78 is 5.18. The van der Waals surface area contributed by atoms with Crippen LogP contribution in [0.4, 0.5) is 17.3 Å². The average molecular weight is 558 g/mol. The van der Waals surface area contributed by atoms with Crippen molar-refractivity contribution in [3.63, 3.8) is 0 Å². The van der Waals surface area contributed by atoms with Gasteiger partial charge in [0.1, 0.15) is 11.6 Å². The van der Waals surface area contributed by atoms with Crippen LogP contribution in [0.3, 0.4) is 0 Å². The number of nitrogens with zero attached hydrogens (tertiary/aromatic N) is 4. The maximum absolute atomic E-state index is 12.8. The van der Waals surface area contributed by atoms with Crippen LogP contribution in [0.1, 0.15) is 64.9 Å². The van der Waals surface area contributed by atoms with Gasteiger partial charge in [0.25, 0.3) is 11.8 Å². The first-order valence-electron chi connectivity index (χ1n) is 14.4. The Labute approximate surface area is 241 Å². The molecule has 5 rings (SSSR count). The molecule has 10 heteroatoms. The number of piperidine rings is 2. The van der Waals surface area contributed by atoms with Gasteiger partial charge in [0.2, 0.25) is 0 Å². The van der Waals surface area contributed by atoms with Gasteiger partial charge in [-0.3, -0.25) is 9.59 Å². The molecule has 0 aliphatic carbocycles. The number of methoxy groups -OCH3 is 1. The maximum Gasteiger partial charge on any atom is 0.271 e. The molecule has 1 atom stereocenters. The number of primary amides is 1. The molecule has 2 saturated heterocycles. The van der Waals surface area contributed by atoms with E-state index in [0.29, 0.717) is 35.4 Å². The van der Waals surface area contributed by atoms with Crippen LogP contribution in [0.15, 0.2) is 54.7 Å². The summed E-state index contributed by atoms with van der Waals surface area (Å²) in [6, 6.07) is 15.3. The van der Waals surface area contributed by atoms with Crippen LogP contribution in [0.2, 0.25) is 0 Å². The molecule has 216 valence electrons. The number of nitrogens with one attached hydrogen (secondary N) is 2. The van der Waals surface area contributed by atoms with E-state index in [9.17, 15) is 9.59 Å². The molecule has 1 aromatic heterocycles. The molecule has 41 heavy (non-hydrogen) atoms. The van der Waals surface area contributed by atoms with Gasteiger partial charge in [0, 0.05) is 30.4 Å². The Bertz CT molecular complexity index is 1340. The van der Waals surface area contributed by atoms with Crippen LogP contribution in [-0.4, -0.2) is 72.6 Å². The number of anilines is 3. The monoisotopic (exact) mass is 557 g/mol. The lowest BCUT2D eigenvalue weighted by molar-refractivity contribution is 0.0931. The molecule has 2 amide bonds. The van der Waals surface area contributed by atoms with Crippen LogP contribution in [0.25, 0.3) is 0 Å². The van der Waals surface area contributed by atoms with E-state index in [-0.39, 0.29) is 17.6 Å². The third-order valence-electron chi connectivity index (χ3n) is 8.11. The Morgan fingerprint density at radius 1 is 1.02 bits per heavy atom. The first-order valence-corrected chi connectivity index (χ1v) is 14.4. The summed E-state index contributed by atoms with van der Waals surface area (Å²) in [6.45, 7) is 6.93.